The summed E-state index contributed by atoms with van der Waals surface area (Å²) in [7, 11) is -2.67. The minimum absolute atomic E-state index is 0.00658. The molecule has 3 aromatic rings. The number of Topliss-reactive ketones (excluding diaryl/α,β-unsaturated/α-hetero) is 1. The van der Waals surface area contributed by atoms with E-state index in [2.05, 4.69) is 4.98 Å². The van der Waals surface area contributed by atoms with Gasteiger partial charge in [-0.25, -0.2) is 0 Å². The number of ketones is 1. The molecule has 0 N–H and O–H groups in total. The van der Waals surface area contributed by atoms with E-state index in [0.717, 1.165) is 33.3 Å². The molecule has 0 aliphatic carbocycles. The standard InChI is InChI=1S/C25H30NO6P/c1-18(2)32-33(28,29)31-14-8-7-11-21(27)15-20-17-26-24-13-12-22(30-3)16-23(24)25(20)19-9-5-4-6-10-19/h4-6,9-10,12-13,16-18H,7-8,11,14-15H2,1-3H3,(H,28,29)/p-1. The number of phosphoric acid groups is 1. The van der Waals surface area contributed by atoms with E-state index in [-0.39, 0.29) is 18.8 Å². The van der Waals surface area contributed by atoms with Crippen LogP contribution < -0.4 is 9.63 Å². The third kappa shape index (κ3) is 7.21. The van der Waals surface area contributed by atoms with Gasteiger partial charge < -0.3 is 18.7 Å². The van der Waals surface area contributed by atoms with Gasteiger partial charge in [-0.3, -0.25) is 14.3 Å². The summed E-state index contributed by atoms with van der Waals surface area (Å²) in [5, 5.41) is 0.926. The van der Waals surface area contributed by atoms with Crippen LogP contribution in [0.1, 0.15) is 38.7 Å². The molecule has 0 aliphatic rings. The highest BCUT2D eigenvalue weighted by Crippen LogP contribution is 2.40. The fraction of sp³-hybridized carbons (Fsp3) is 0.360. The number of carbonyl (C=O) groups is 1. The molecule has 3 rings (SSSR count). The number of pyridine rings is 1. The zero-order valence-corrected chi connectivity index (χ0v) is 20.0. The Hall–Kier alpha value is -2.57. The number of methoxy groups -OCH3 is 1. The lowest BCUT2D eigenvalue weighted by Gasteiger charge is -2.24. The summed E-state index contributed by atoms with van der Waals surface area (Å²) in [4.78, 5) is 28.9. The molecular weight excluding hydrogens is 441 g/mol. The Kier molecular flexibility index (Phi) is 8.75. The van der Waals surface area contributed by atoms with Crippen molar-refractivity contribution in [2.75, 3.05) is 13.7 Å². The van der Waals surface area contributed by atoms with Gasteiger partial charge in [0.2, 0.25) is 0 Å². The van der Waals surface area contributed by atoms with Crippen LogP contribution in [0.15, 0.2) is 54.7 Å². The van der Waals surface area contributed by atoms with Crippen molar-refractivity contribution in [2.24, 2.45) is 0 Å². The number of nitrogens with zero attached hydrogens (tertiary/aromatic N) is 1. The Labute approximate surface area is 194 Å². The van der Waals surface area contributed by atoms with E-state index in [1.807, 2.05) is 48.5 Å². The zero-order chi connectivity index (χ0) is 23.8. The van der Waals surface area contributed by atoms with E-state index in [0.29, 0.717) is 19.3 Å². The van der Waals surface area contributed by atoms with Crippen molar-refractivity contribution in [1.82, 2.24) is 4.98 Å². The Bertz CT molecular complexity index is 1130. The maximum Gasteiger partial charge on any atom is 0.268 e. The zero-order valence-electron chi connectivity index (χ0n) is 19.2. The van der Waals surface area contributed by atoms with Gasteiger partial charge in [0, 0.05) is 24.4 Å². The molecule has 0 aliphatic heterocycles. The van der Waals surface area contributed by atoms with Crippen molar-refractivity contribution >= 4 is 24.5 Å². The van der Waals surface area contributed by atoms with Gasteiger partial charge in [0.1, 0.15) is 11.5 Å². The van der Waals surface area contributed by atoms with Gasteiger partial charge in [-0.15, -0.1) is 0 Å². The summed E-state index contributed by atoms with van der Waals surface area (Å²) in [6, 6.07) is 15.6. The highest BCUT2D eigenvalue weighted by atomic mass is 31.2. The predicted molar refractivity (Wildman–Crippen MR) is 126 cm³/mol. The number of hydrogen-bond donors (Lipinski definition) is 0. The maximum absolute atomic E-state index is 12.7. The van der Waals surface area contributed by atoms with Gasteiger partial charge in [0.25, 0.3) is 7.82 Å². The number of fused-ring (bicyclic) bond motifs is 1. The smallest absolute Gasteiger partial charge is 0.268 e. The Morgan fingerprint density at radius 1 is 1.12 bits per heavy atom. The lowest BCUT2D eigenvalue weighted by molar-refractivity contribution is -0.228. The van der Waals surface area contributed by atoms with Crippen LogP contribution in [-0.2, 0) is 24.8 Å². The number of aromatic nitrogens is 1. The highest BCUT2D eigenvalue weighted by molar-refractivity contribution is 7.45. The lowest BCUT2D eigenvalue weighted by Crippen LogP contribution is -2.13. The largest absolute Gasteiger partial charge is 0.756 e. The number of phosphoric ester groups is 1. The average Bonchev–Trinajstić information content (AvgIpc) is 2.78. The molecule has 176 valence electrons. The second-order valence-corrected chi connectivity index (χ2v) is 9.38. The molecule has 8 heteroatoms. The summed E-state index contributed by atoms with van der Waals surface area (Å²) in [6.45, 7) is 3.23. The Morgan fingerprint density at radius 2 is 1.88 bits per heavy atom. The molecule has 1 unspecified atom stereocenters. The van der Waals surface area contributed by atoms with E-state index in [1.165, 1.54) is 0 Å². The molecule has 1 aromatic heterocycles. The molecule has 0 spiro atoms. The van der Waals surface area contributed by atoms with Crippen molar-refractivity contribution in [1.29, 1.82) is 0 Å². The second-order valence-electron chi connectivity index (χ2n) is 8.01. The first-order valence-electron chi connectivity index (χ1n) is 11.0. The number of rotatable bonds is 12. The summed E-state index contributed by atoms with van der Waals surface area (Å²) >= 11 is 0. The number of unbranched alkanes of at least 4 members (excludes halogenated alkanes) is 1. The van der Waals surface area contributed by atoms with E-state index < -0.39 is 13.9 Å². The lowest BCUT2D eigenvalue weighted by atomic mass is 9.93. The van der Waals surface area contributed by atoms with Crippen molar-refractivity contribution in [3.63, 3.8) is 0 Å². The number of carbonyl (C=O) groups excluding carboxylic acids is 1. The highest BCUT2D eigenvalue weighted by Gasteiger charge is 2.15. The molecule has 0 fully saturated rings. The van der Waals surface area contributed by atoms with Gasteiger partial charge in [-0.2, -0.15) is 0 Å². The Morgan fingerprint density at radius 3 is 2.58 bits per heavy atom. The van der Waals surface area contributed by atoms with Gasteiger partial charge in [-0.1, -0.05) is 30.3 Å². The molecule has 0 saturated heterocycles. The van der Waals surface area contributed by atoms with Crippen LogP contribution in [-0.4, -0.2) is 30.6 Å². The first-order chi connectivity index (χ1) is 15.8. The van der Waals surface area contributed by atoms with Crippen LogP contribution in [0.5, 0.6) is 5.75 Å². The molecule has 0 bridgehead atoms. The minimum atomic E-state index is -4.29. The molecule has 1 atom stereocenters. The summed E-state index contributed by atoms with van der Waals surface area (Å²) in [6.07, 6.45) is 2.82. The number of hydrogen-bond acceptors (Lipinski definition) is 7. The van der Waals surface area contributed by atoms with Crippen molar-refractivity contribution in [3.05, 3.63) is 60.3 Å². The normalized spacial score (nSPS) is 13.2. The number of benzene rings is 2. The van der Waals surface area contributed by atoms with Crippen molar-refractivity contribution in [3.8, 4) is 16.9 Å². The van der Waals surface area contributed by atoms with E-state index in [4.69, 9.17) is 13.8 Å². The molecule has 0 radical (unpaired) electrons. The van der Waals surface area contributed by atoms with Crippen LogP contribution >= 0.6 is 7.82 Å². The van der Waals surface area contributed by atoms with Gasteiger partial charge in [-0.05, 0) is 61.6 Å². The third-order valence-electron chi connectivity index (χ3n) is 5.04. The van der Waals surface area contributed by atoms with Gasteiger partial charge in [0.15, 0.2) is 0 Å². The maximum atomic E-state index is 12.7. The van der Waals surface area contributed by atoms with Crippen molar-refractivity contribution in [2.45, 2.75) is 45.6 Å². The molecule has 7 nitrogen and oxygen atoms in total. The quantitative estimate of drug-likeness (QED) is 0.268. The predicted octanol–water partition coefficient (Wildman–Crippen LogP) is 5.10. The van der Waals surface area contributed by atoms with Gasteiger partial charge >= 0.3 is 0 Å². The summed E-state index contributed by atoms with van der Waals surface area (Å²) < 4.78 is 26.6. The van der Waals surface area contributed by atoms with E-state index in [9.17, 15) is 14.3 Å². The number of ether oxygens (including phenoxy) is 1. The SMILES string of the molecule is COc1ccc2ncc(CC(=O)CCCCOP(=O)([O-])OC(C)C)c(-c3ccccc3)c2c1. The molecule has 0 saturated carbocycles. The summed E-state index contributed by atoms with van der Waals surface area (Å²) in [5.41, 5.74) is 3.64. The van der Waals surface area contributed by atoms with E-state index >= 15 is 0 Å². The van der Waals surface area contributed by atoms with Gasteiger partial charge in [0.05, 0.1) is 25.3 Å². The molecule has 2 aromatic carbocycles. The molecular formula is C25H29NO6P-. The topological polar surface area (TPSA) is 97.8 Å². The van der Waals surface area contributed by atoms with Crippen molar-refractivity contribution < 1.29 is 28.0 Å². The summed E-state index contributed by atoms with van der Waals surface area (Å²) in [5.74, 6) is 0.780. The molecule has 1 heterocycles. The fourth-order valence-electron chi connectivity index (χ4n) is 3.61. The fourth-order valence-corrected chi connectivity index (χ4v) is 4.54. The molecule has 0 amide bonds. The van der Waals surface area contributed by atoms with Crippen LogP contribution in [0.25, 0.3) is 22.0 Å². The monoisotopic (exact) mass is 470 g/mol. The average molecular weight is 470 g/mol. The minimum Gasteiger partial charge on any atom is -0.756 e. The Balaban J connectivity index is 1.70. The van der Waals surface area contributed by atoms with E-state index in [1.54, 1.807) is 27.2 Å². The first-order valence-corrected chi connectivity index (χ1v) is 12.4. The third-order valence-corrected chi connectivity index (χ3v) is 6.22. The van der Waals surface area contributed by atoms with Crippen LogP contribution in [0.2, 0.25) is 0 Å². The second kappa shape index (κ2) is 11.5. The first kappa shape index (κ1) is 25.1. The van der Waals surface area contributed by atoms with Crippen LogP contribution in [0.3, 0.4) is 0 Å². The molecule has 33 heavy (non-hydrogen) atoms. The van der Waals surface area contributed by atoms with Crippen LogP contribution in [0, 0.1) is 0 Å². The van der Waals surface area contributed by atoms with Crippen LogP contribution in [0.4, 0.5) is 0 Å².